The number of nitro benzene ring substituents is 1. The van der Waals surface area contributed by atoms with E-state index in [1.54, 1.807) is 0 Å². The van der Waals surface area contributed by atoms with E-state index in [-0.39, 0.29) is 21.3 Å². The molecule has 16 heavy (non-hydrogen) atoms. The molecule has 0 unspecified atom stereocenters. The zero-order chi connectivity index (χ0) is 12.3. The number of hydrogen-bond acceptors (Lipinski definition) is 3. The van der Waals surface area contributed by atoms with Crippen molar-refractivity contribution in [3.05, 3.63) is 43.9 Å². The maximum atomic E-state index is 10.7. The molecule has 1 aromatic carbocycles. The molecule has 1 rings (SSSR count). The zero-order valence-corrected chi connectivity index (χ0v) is 9.20. The Morgan fingerprint density at radius 2 is 1.94 bits per heavy atom. The smallest absolute Gasteiger partial charge is 0.328 e. The lowest BCUT2D eigenvalue weighted by atomic mass is 10.1. The van der Waals surface area contributed by atoms with Gasteiger partial charge in [-0.25, -0.2) is 4.79 Å². The summed E-state index contributed by atoms with van der Waals surface area (Å²) in [5, 5.41) is 19.2. The molecule has 0 aromatic heterocycles. The average molecular weight is 262 g/mol. The Morgan fingerprint density at radius 1 is 1.38 bits per heavy atom. The molecule has 0 fully saturated rings. The van der Waals surface area contributed by atoms with Gasteiger partial charge in [0.05, 0.1) is 20.5 Å². The van der Waals surface area contributed by atoms with Crippen molar-refractivity contribution in [2.75, 3.05) is 0 Å². The van der Waals surface area contributed by atoms with Crippen LogP contribution in [0.4, 0.5) is 5.69 Å². The third-order valence-electron chi connectivity index (χ3n) is 1.67. The molecule has 0 aliphatic heterocycles. The zero-order valence-electron chi connectivity index (χ0n) is 7.68. The Hall–Kier alpha value is -1.59. The van der Waals surface area contributed by atoms with E-state index in [9.17, 15) is 14.9 Å². The van der Waals surface area contributed by atoms with E-state index in [1.807, 2.05) is 0 Å². The van der Waals surface area contributed by atoms with Gasteiger partial charge in [0.2, 0.25) is 0 Å². The molecule has 1 N–H and O–H groups in total. The minimum Gasteiger partial charge on any atom is -0.478 e. The molecule has 0 saturated carbocycles. The lowest BCUT2D eigenvalue weighted by molar-refractivity contribution is -0.385. The summed E-state index contributed by atoms with van der Waals surface area (Å²) in [6.07, 6.45) is 1.87. The van der Waals surface area contributed by atoms with E-state index >= 15 is 0 Å². The standard InChI is InChI=1S/C9H5Cl2NO4/c10-6-3-5(1-2-9(13)14)8(12(15)16)4-7(6)11/h1-4H,(H,13,14)/b2-1+. The Bertz CT molecular complexity index is 485. The van der Waals surface area contributed by atoms with E-state index in [0.29, 0.717) is 0 Å². The molecule has 0 spiro atoms. The number of nitrogens with zero attached hydrogens (tertiary/aromatic N) is 1. The Balaban J connectivity index is 3.30. The molecule has 7 heteroatoms. The first kappa shape index (κ1) is 12.5. The second-order valence-corrected chi connectivity index (χ2v) is 3.57. The molecule has 0 amide bonds. The lowest BCUT2D eigenvalue weighted by Crippen LogP contribution is -1.93. The van der Waals surface area contributed by atoms with Gasteiger partial charge >= 0.3 is 5.97 Å². The monoisotopic (exact) mass is 261 g/mol. The molecule has 0 radical (unpaired) electrons. The summed E-state index contributed by atoms with van der Waals surface area (Å²) in [6.45, 7) is 0. The third-order valence-corrected chi connectivity index (χ3v) is 2.39. The minimum atomic E-state index is -1.21. The fourth-order valence-electron chi connectivity index (χ4n) is 1.00. The molecule has 5 nitrogen and oxygen atoms in total. The Labute approximate surface area is 100 Å². The molecule has 84 valence electrons. The minimum absolute atomic E-state index is 0.0424. The highest BCUT2D eigenvalue weighted by Gasteiger charge is 2.15. The highest BCUT2D eigenvalue weighted by Crippen LogP contribution is 2.31. The van der Waals surface area contributed by atoms with Crippen molar-refractivity contribution in [2.24, 2.45) is 0 Å². The van der Waals surface area contributed by atoms with Crippen LogP contribution < -0.4 is 0 Å². The molecule has 0 aliphatic carbocycles. The van der Waals surface area contributed by atoms with Crippen molar-refractivity contribution in [1.29, 1.82) is 0 Å². The maximum Gasteiger partial charge on any atom is 0.328 e. The van der Waals surface area contributed by atoms with Gasteiger partial charge < -0.3 is 5.11 Å². The van der Waals surface area contributed by atoms with Crippen LogP contribution in [0.2, 0.25) is 10.0 Å². The molecular formula is C9H5Cl2NO4. The topological polar surface area (TPSA) is 80.4 Å². The second-order valence-electron chi connectivity index (χ2n) is 2.75. The number of carboxylic acids is 1. The summed E-state index contributed by atoms with van der Waals surface area (Å²) in [5.41, 5.74) is -0.214. The molecule has 0 bridgehead atoms. The number of rotatable bonds is 3. The normalized spacial score (nSPS) is 10.6. The van der Waals surface area contributed by atoms with Gasteiger partial charge in [-0.05, 0) is 12.1 Å². The molecular weight excluding hydrogens is 257 g/mol. The lowest BCUT2D eigenvalue weighted by Gasteiger charge is -2.00. The fraction of sp³-hybridized carbons (Fsp3) is 0. The van der Waals surface area contributed by atoms with E-state index in [0.717, 1.165) is 18.2 Å². The average Bonchev–Trinajstić information content (AvgIpc) is 2.18. The summed E-state index contributed by atoms with van der Waals surface area (Å²) >= 11 is 11.3. The van der Waals surface area contributed by atoms with Crippen molar-refractivity contribution in [3.8, 4) is 0 Å². The van der Waals surface area contributed by atoms with Crippen LogP contribution in [0.15, 0.2) is 18.2 Å². The predicted molar refractivity (Wildman–Crippen MR) is 59.8 cm³/mol. The van der Waals surface area contributed by atoms with Crippen molar-refractivity contribution in [2.45, 2.75) is 0 Å². The van der Waals surface area contributed by atoms with Gasteiger partial charge in [-0.3, -0.25) is 10.1 Å². The number of halogens is 2. The van der Waals surface area contributed by atoms with Crippen molar-refractivity contribution < 1.29 is 14.8 Å². The van der Waals surface area contributed by atoms with Crippen LogP contribution in [0.25, 0.3) is 6.08 Å². The van der Waals surface area contributed by atoms with E-state index < -0.39 is 10.9 Å². The van der Waals surface area contributed by atoms with Gasteiger partial charge in [0.1, 0.15) is 0 Å². The molecule has 1 aromatic rings. The van der Waals surface area contributed by atoms with Crippen molar-refractivity contribution in [3.63, 3.8) is 0 Å². The first-order chi connectivity index (χ1) is 7.41. The van der Waals surface area contributed by atoms with Crippen molar-refractivity contribution in [1.82, 2.24) is 0 Å². The van der Waals surface area contributed by atoms with Gasteiger partial charge in [-0.2, -0.15) is 0 Å². The summed E-state index contributed by atoms with van der Waals surface area (Å²) in [5.74, 6) is -1.21. The number of hydrogen-bond donors (Lipinski definition) is 1. The predicted octanol–water partition coefficient (Wildman–Crippen LogP) is 3.00. The number of nitro groups is 1. The van der Waals surface area contributed by atoms with Crippen LogP contribution in [0.3, 0.4) is 0 Å². The van der Waals surface area contributed by atoms with Gasteiger partial charge in [-0.15, -0.1) is 0 Å². The van der Waals surface area contributed by atoms with Gasteiger partial charge in [-0.1, -0.05) is 23.2 Å². The van der Waals surface area contributed by atoms with E-state index in [4.69, 9.17) is 28.3 Å². The molecule has 0 saturated heterocycles. The highest BCUT2D eigenvalue weighted by atomic mass is 35.5. The highest BCUT2D eigenvalue weighted by molar-refractivity contribution is 6.42. The van der Waals surface area contributed by atoms with Crippen LogP contribution >= 0.6 is 23.2 Å². The maximum absolute atomic E-state index is 10.7. The number of carboxylic acid groups (broad SMARTS) is 1. The molecule has 0 heterocycles. The van der Waals surface area contributed by atoms with Crippen LogP contribution in [0.1, 0.15) is 5.56 Å². The summed E-state index contributed by atoms with van der Waals surface area (Å²) in [6, 6.07) is 2.31. The first-order valence-electron chi connectivity index (χ1n) is 3.96. The fourth-order valence-corrected chi connectivity index (χ4v) is 1.33. The van der Waals surface area contributed by atoms with E-state index in [2.05, 4.69) is 0 Å². The first-order valence-corrected chi connectivity index (χ1v) is 4.72. The number of aliphatic carboxylic acids is 1. The SMILES string of the molecule is O=C(O)/C=C/c1cc(Cl)c(Cl)cc1[N+](=O)[O-]. The second kappa shape index (κ2) is 4.96. The van der Waals surface area contributed by atoms with Crippen LogP contribution in [0, 0.1) is 10.1 Å². The van der Waals surface area contributed by atoms with Crippen LogP contribution in [-0.2, 0) is 4.79 Å². The van der Waals surface area contributed by atoms with Gasteiger partial charge in [0, 0.05) is 12.1 Å². The third kappa shape index (κ3) is 2.95. The largest absolute Gasteiger partial charge is 0.478 e. The quantitative estimate of drug-likeness (QED) is 0.515. The summed E-state index contributed by atoms with van der Waals surface area (Å²) in [7, 11) is 0. The Kier molecular flexibility index (Phi) is 3.87. The number of benzene rings is 1. The van der Waals surface area contributed by atoms with Gasteiger partial charge in [0.15, 0.2) is 0 Å². The molecule has 0 aliphatic rings. The summed E-state index contributed by atoms with van der Waals surface area (Å²) < 4.78 is 0. The van der Waals surface area contributed by atoms with Gasteiger partial charge in [0.25, 0.3) is 5.69 Å². The number of carbonyl (C=O) groups is 1. The molecule has 0 atom stereocenters. The van der Waals surface area contributed by atoms with E-state index in [1.165, 1.54) is 6.07 Å². The Morgan fingerprint density at radius 3 is 2.44 bits per heavy atom. The van der Waals surface area contributed by atoms with Crippen molar-refractivity contribution >= 4 is 40.9 Å². The summed E-state index contributed by atoms with van der Waals surface area (Å²) in [4.78, 5) is 20.3. The van der Waals surface area contributed by atoms with Crippen LogP contribution in [0.5, 0.6) is 0 Å². The van der Waals surface area contributed by atoms with Crippen LogP contribution in [-0.4, -0.2) is 16.0 Å².